The lowest BCUT2D eigenvalue weighted by Gasteiger charge is -1.83. The van der Waals surface area contributed by atoms with E-state index in [-0.39, 0.29) is 5.78 Å². The van der Waals surface area contributed by atoms with Crippen LogP contribution >= 0.6 is 0 Å². The maximum Gasteiger partial charge on any atom is 0.326 e. The van der Waals surface area contributed by atoms with E-state index >= 15 is 0 Å². The zero-order chi connectivity index (χ0) is 6.69. The third-order valence-corrected chi connectivity index (χ3v) is 1.02. The summed E-state index contributed by atoms with van der Waals surface area (Å²) in [7, 11) is 0. The summed E-state index contributed by atoms with van der Waals surface area (Å²) in [6.07, 6.45) is 6.19. The van der Waals surface area contributed by atoms with Gasteiger partial charge >= 0.3 is 5.71 Å². The number of allylic oxidation sites excluding steroid dienone is 4. The van der Waals surface area contributed by atoms with Gasteiger partial charge in [0.2, 0.25) is 0 Å². The number of carbonyl (C=O) groups is 1. The molecular weight excluding hydrogens is 114 g/mol. The number of hydrogen-bond donors (Lipinski definition) is 0. The van der Waals surface area contributed by atoms with Crippen LogP contribution in [0.15, 0.2) is 24.3 Å². The highest BCUT2D eigenvalue weighted by Crippen LogP contribution is 1.90. The molecule has 2 nitrogen and oxygen atoms in total. The van der Waals surface area contributed by atoms with Crippen molar-refractivity contribution in [2.24, 2.45) is 0 Å². The minimum absolute atomic E-state index is 0.00222. The van der Waals surface area contributed by atoms with Crippen molar-refractivity contribution in [2.75, 3.05) is 0 Å². The summed E-state index contributed by atoms with van der Waals surface area (Å²) in [6.45, 7) is 3.31. The molecule has 0 aromatic carbocycles. The Bertz CT molecular complexity index is 224. The lowest BCUT2D eigenvalue weighted by atomic mass is 10.2. The van der Waals surface area contributed by atoms with E-state index in [0.717, 1.165) is 5.71 Å². The zero-order valence-corrected chi connectivity index (χ0v) is 4.87. The molecule has 2 heteroatoms. The van der Waals surface area contributed by atoms with Crippen LogP contribution in [-0.4, -0.2) is 18.2 Å². The fourth-order valence-corrected chi connectivity index (χ4v) is 0.552. The van der Waals surface area contributed by atoms with E-state index in [0.29, 0.717) is 0 Å². The second-order valence-electron chi connectivity index (χ2n) is 1.65. The lowest BCUT2D eigenvalue weighted by Crippen LogP contribution is -2.00. The number of carbonyl (C=O) groups excluding carboxylic acids is 1. The van der Waals surface area contributed by atoms with E-state index in [2.05, 4.69) is 11.4 Å². The monoisotopic (exact) mass is 120 g/mol. The first-order valence-corrected chi connectivity index (χ1v) is 2.57. The molecule has 44 valence electrons. The van der Waals surface area contributed by atoms with Crippen LogP contribution in [-0.2, 0) is 4.79 Å². The Hall–Kier alpha value is -1.40. The van der Waals surface area contributed by atoms with Crippen LogP contribution in [0, 0.1) is 0 Å². The number of nitrogens with zero attached hydrogens (tertiary/aromatic N) is 1. The number of rotatable bonds is 0. The molecule has 0 saturated heterocycles. The van der Waals surface area contributed by atoms with Gasteiger partial charge < -0.3 is 0 Å². The Morgan fingerprint density at radius 3 is 2.22 bits per heavy atom. The van der Waals surface area contributed by atoms with Crippen molar-refractivity contribution in [3.8, 4) is 0 Å². The Labute approximate surface area is 52.9 Å². The van der Waals surface area contributed by atoms with E-state index in [4.69, 9.17) is 0 Å². The van der Waals surface area contributed by atoms with Crippen LogP contribution in [0.2, 0.25) is 0 Å². The lowest BCUT2D eigenvalue weighted by molar-refractivity contribution is -0.110. The largest absolute Gasteiger partial charge is 0.326 e. The number of hydrogen-bond acceptors (Lipinski definition) is 1. The minimum atomic E-state index is 0.00222. The van der Waals surface area contributed by atoms with Crippen LogP contribution < -0.4 is 4.67 Å². The van der Waals surface area contributed by atoms with E-state index in [1.54, 1.807) is 12.2 Å². The van der Waals surface area contributed by atoms with E-state index in [1.165, 1.54) is 12.2 Å². The Morgan fingerprint density at radius 2 is 1.78 bits per heavy atom. The summed E-state index contributed by atoms with van der Waals surface area (Å²) in [5.74, 6) is 0.00222. The van der Waals surface area contributed by atoms with Gasteiger partial charge in [-0.3, -0.25) is 4.79 Å². The van der Waals surface area contributed by atoms with Crippen LogP contribution in [0.25, 0.3) is 0 Å². The molecule has 0 fully saturated rings. The van der Waals surface area contributed by atoms with Crippen molar-refractivity contribution in [2.45, 2.75) is 0 Å². The molecule has 0 aromatic heterocycles. The van der Waals surface area contributed by atoms with Crippen molar-refractivity contribution in [1.82, 2.24) is 4.67 Å². The first kappa shape index (κ1) is 5.73. The van der Waals surface area contributed by atoms with Gasteiger partial charge in [-0.15, -0.1) is 4.67 Å². The molecule has 1 aliphatic carbocycles. The van der Waals surface area contributed by atoms with Crippen LogP contribution in [0.5, 0.6) is 0 Å². The average Bonchev–Trinajstić information content (AvgIpc) is 1.90. The zero-order valence-electron chi connectivity index (χ0n) is 4.87. The summed E-state index contributed by atoms with van der Waals surface area (Å²) in [6, 6.07) is 0. The van der Waals surface area contributed by atoms with Gasteiger partial charge in [0.25, 0.3) is 6.72 Å². The van der Waals surface area contributed by atoms with Crippen LogP contribution in [0.1, 0.15) is 0 Å². The molecule has 0 aromatic rings. The van der Waals surface area contributed by atoms with Gasteiger partial charge in [0.05, 0.1) is 0 Å². The summed E-state index contributed by atoms with van der Waals surface area (Å²) in [5.41, 5.74) is 0.731. The molecule has 0 N–H and O–H groups in total. The average molecular weight is 120 g/mol. The normalized spacial score (nSPS) is 16.0. The van der Waals surface area contributed by atoms with Crippen molar-refractivity contribution >= 4 is 18.2 Å². The smallest absolute Gasteiger partial charge is 0.290 e. The van der Waals surface area contributed by atoms with E-state index in [9.17, 15) is 4.79 Å². The second kappa shape index (κ2) is 2.25. The van der Waals surface area contributed by atoms with Crippen LogP contribution in [0.3, 0.4) is 0 Å². The van der Waals surface area contributed by atoms with Gasteiger partial charge in [0.1, 0.15) is 0 Å². The maximum absolute atomic E-state index is 10.5. The maximum atomic E-state index is 10.5. The predicted octanol–water partition coefficient (Wildman–Crippen LogP) is -0.110. The first-order chi connectivity index (χ1) is 4.33. The van der Waals surface area contributed by atoms with Crippen molar-refractivity contribution in [3.63, 3.8) is 0 Å². The van der Waals surface area contributed by atoms with Crippen LogP contribution in [0.4, 0.5) is 0 Å². The fourth-order valence-electron chi connectivity index (χ4n) is 0.552. The summed E-state index contributed by atoms with van der Waals surface area (Å²) < 4.78 is 3.62. The molecule has 0 saturated carbocycles. The Balaban J connectivity index is 2.94. The summed E-state index contributed by atoms with van der Waals surface area (Å²) in [5, 5.41) is 0. The highest BCUT2D eigenvalue weighted by molar-refractivity contribution is 6.16. The van der Waals surface area contributed by atoms with Crippen molar-refractivity contribution < 1.29 is 4.79 Å². The van der Waals surface area contributed by atoms with Gasteiger partial charge in [0.15, 0.2) is 5.78 Å². The highest BCUT2D eigenvalue weighted by atomic mass is 16.1. The molecule has 1 aliphatic rings. The van der Waals surface area contributed by atoms with Gasteiger partial charge in [-0.05, 0) is 12.2 Å². The minimum Gasteiger partial charge on any atom is -0.290 e. The molecule has 9 heavy (non-hydrogen) atoms. The van der Waals surface area contributed by atoms with Gasteiger partial charge in [0, 0.05) is 12.2 Å². The fraction of sp³-hybridized carbons (Fsp3) is 0. The topological polar surface area (TPSA) is 31.2 Å². The third kappa shape index (κ3) is 1.24. The molecule has 1 rings (SSSR count). The Morgan fingerprint density at radius 1 is 1.22 bits per heavy atom. The highest BCUT2D eigenvalue weighted by Gasteiger charge is 2.04. The third-order valence-electron chi connectivity index (χ3n) is 1.02. The predicted molar refractivity (Wildman–Crippen MR) is 37.5 cm³/mol. The number of ketones is 1. The molecule has 0 amide bonds. The molecule has 0 atom stereocenters. The standard InChI is InChI=1S/C7H6NO/c1-8-6-2-4-7(9)5-3-6/h2-5H,1H2/q+1. The molecule has 0 unspecified atom stereocenters. The van der Waals surface area contributed by atoms with E-state index < -0.39 is 0 Å². The molecule has 0 bridgehead atoms. The molecule has 0 aliphatic heterocycles. The van der Waals surface area contributed by atoms with E-state index in [1.807, 2.05) is 0 Å². The van der Waals surface area contributed by atoms with Gasteiger partial charge in [-0.2, -0.15) is 0 Å². The molecule has 0 radical (unpaired) electrons. The first-order valence-electron chi connectivity index (χ1n) is 2.57. The second-order valence-corrected chi connectivity index (χ2v) is 1.65. The molecule has 0 spiro atoms. The van der Waals surface area contributed by atoms with Crippen molar-refractivity contribution in [3.05, 3.63) is 24.3 Å². The van der Waals surface area contributed by atoms with Gasteiger partial charge in [-0.25, -0.2) is 0 Å². The van der Waals surface area contributed by atoms with Crippen molar-refractivity contribution in [1.29, 1.82) is 0 Å². The quantitative estimate of drug-likeness (QED) is 0.249. The van der Waals surface area contributed by atoms with Gasteiger partial charge in [-0.1, -0.05) is 0 Å². The Kier molecular flexibility index (Phi) is 1.43. The molecular formula is C7H6NO+. The summed E-state index contributed by atoms with van der Waals surface area (Å²) >= 11 is 0. The summed E-state index contributed by atoms with van der Waals surface area (Å²) in [4.78, 5) is 10.5. The molecule has 0 heterocycles. The SMILES string of the molecule is C=[N+]=C1C=CC(=O)C=C1.